The molecule has 3 atom stereocenters. The Bertz CT molecular complexity index is 883. The van der Waals surface area contributed by atoms with Crippen LogP contribution < -0.4 is 11.0 Å². The molecule has 0 bridgehead atoms. The lowest BCUT2D eigenvalue weighted by Crippen LogP contribution is -2.32. The molecule has 7 nitrogen and oxygen atoms in total. The number of aryl methyl sites for hydroxylation is 3. The molecule has 2 N–H and O–H groups in total. The largest absolute Gasteiger partial charge is 0.393 e. The van der Waals surface area contributed by atoms with Crippen LogP contribution in [0.5, 0.6) is 0 Å². The molecule has 0 spiro atoms. The zero-order chi connectivity index (χ0) is 19.0. The Morgan fingerprint density at radius 3 is 2.62 bits per heavy atom. The van der Waals surface area contributed by atoms with Crippen molar-refractivity contribution in [3.8, 4) is 0 Å². The number of carbonyl (C=O) groups excluding carboxylic acids is 1. The first-order valence-corrected chi connectivity index (χ1v) is 8.91. The second kappa shape index (κ2) is 7.07. The number of aliphatic hydroxyl groups excluding tert-OH is 1. The van der Waals surface area contributed by atoms with E-state index in [2.05, 4.69) is 10.4 Å². The first kappa shape index (κ1) is 18.4. The van der Waals surface area contributed by atoms with Gasteiger partial charge in [0.15, 0.2) is 0 Å². The zero-order valence-corrected chi connectivity index (χ0v) is 15.7. The number of aromatic nitrogens is 3. The summed E-state index contributed by atoms with van der Waals surface area (Å²) in [6.07, 6.45) is 0.727. The van der Waals surface area contributed by atoms with E-state index in [4.69, 9.17) is 0 Å². The third-order valence-corrected chi connectivity index (χ3v) is 5.48. The second-order valence-corrected chi connectivity index (χ2v) is 7.33. The minimum Gasteiger partial charge on any atom is -0.393 e. The van der Waals surface area contributed by atoms with Gasteiger partial charge in [-0.25, -0.2) is 9.48 Å². The van der Waals surface area contributed by atoms with Crippen LogP contribution in [0.3, 0.4) is 0 Å². The lowest BCUT2D eigenvalue weighted by molar-refractivity contribution is 0.0916. The number of hydrogen-bond acceptors (Lipinski definition) is 4. The van der Waals surface area contributed by atoms with Crippen molar-refractivity contribution in [2.24, 2.45) is 20.0 Å². The number of benzene rings is 1. The number of nitrogens with one attached hydrogen (secondary N) is 1. The average molecular weight is 358 g/mol. The summed E-state index contributed by atoms with van der Waals surface area (Å²) in [7, 11) is 3.32. The van der Waals surface area contributed by atoms with E-state index < -0.39 is 6.10 Å². The lowest BCUT2D eigenvalue weighted by Gasteiger charge is -2.15. The molecule has 1 aliphatic rings. The molecule has 140 valence electrons. The molecule has 1 fully saturated rings. The molecule has 0 saturated heterocycles. The molecular weight excluding hydrogens is 332 g/mol. The van der Waals surface area contributed by atoms with E-state index in [1.807, 2.05) is 32.0 Å². The highest BCUT2D eigenvalue weighted by atomic mass is 16.3. The fraction of sp³-hybridized carbons (Fsp3) is 0.526. The quantitative estimate of drug-likeness (QED) is 0.854. The van der Waals surface area contributed by atoms with Gasteiger partial charge in [-0.2, -0.15) is 5.10 Å². The predicted molar refractivity (Wildman–Crippen MR) is 98.2 cm³/mol. The second-order valence-electron chi connectivity index (χ2n) is 7.33. The molecule has 2 aromatic rings. The van der Waals surface area contributed by atoms with Gasteiger partial charge in [0, 0.05) is 38.0 Å². The van der Waals surface area contributed by atoms with E-state index >= 15 is 0 Å². The monoisotopic (exact) mass is 358 g/mol. The third-order valence-electron chi connectivity index (χ3n) is 5.48. The molecule has 1 aromatic heterocycles. The van der Waals surface area contributed by atoms with E-state index in [-0.39, 0.29) is 23.4 Å². The van der Waals surface area contributed by atoms with Gasteiger partial charge in [0.05, 0.1) is 6.10 Å². The third kappa shape index (κ3) is 3.44. The summed E-state index contributed by atoms with van der Waals surface area (Å²) in [5.41, 5.74) is 2.69. The van der Waals surface area contributed by atoms with Crippen molar-refractivity contribution in [1.82, 2.24) is 19.7 Å². The molecule has 1 saturated carbocycles. The van der Waals surface area contributed by atoms with E-state index in [1.165, 1.54) is 9.25 Å². The molecule has 1 amide bonds. The number of amides is 1. The summed E-state index contributed by atoms with van der Waals surface area (Å²) in [5.74, 6) is 0.536. The maximum Gasteiger partial charge on any atom is 0.345 e. The number of aliphatic hydroxyl groups is 1. The average Bonchev–Trinajstić information content (AvgIpc) is 3.09. The van der Waals surface area contributed by atoms with Gasteiger partial charge in [-0.1, -0.05) is 6.07 Å². The van der Waals surface area contributed by atoms with Crippen LogP contribution in [0.1, 0.15) is 46.1 Å². The molecule has 0 aliphatic heterocycles. The summed E-state index contributed by atoms with van der Waals surface area (Å²) >= 11 is 0. The summed E-state index contributed by atoms with van der Waals surface area (Å²) < 4.78 is 2.85. The topological polar surface area (TPSA) is 89.2 Å². The van der Waals surface area contributed by atoms with Crippen LogP contribution in [0.25, 0.3) is 0 Å². The summed E-state index contributed by atoms with van der Waals surface area (Å²) in [6.45, 7) is 4.40. The van der Waals surface area contributed by atoms with Gasteiger partial charge in [-0.15, -0.1) is 0 Å². The fourth-order valence-electron chi connectivity index (χ4n) is 3.68. The van der Waals surface area contributed by atoms with Crippen LogP contribution in [0.4, 0.5) is 0 Å². The fourth-order valence-corrected chi connectivity index (χ4v) is 3.68. The Morgan fingerprint density at radius 2 is 2.00 bits per heavy atom. The predicted octanol–water partition coefficient (Wildman–Crippen LogP) is 1.02. The Kier molecular flexibility index (Phi) is 5.00. The summed E-state index contributed by atoms with van der Waals surface area (Å²) in [4.78, 5) is 24.2. The molecule has 26 heavy (non-hydrogen) atoms. The SMILES string of the molecule is Cc1ccc(C(=O)NC[C@H]2C[C@H](c3nn(C)c(=O)n3C)C[C@H]2O)cc1C. The van der Waals surface area contributed by atoms with E-state index in [9.17, 15) is 14.7 Å². The lowest BCUT2D eigenvalue weighted by atomic mass is 10.0. The van der Waals surface area contributed by atoms with Crippen molar-refractivity contribution in [2.45, 2.75) is 38.7 Å². The van der Waals surface area contributed by atoms with Crippen LogP contribution >= 0.6 is 0 Å². The van der Waals surface area contributed by atoms with Crippen LogP contribution in [0.2, 0.25) is 0 Å². The van der Waals surface area contributed by atoms with Crippen LogP contribution in [0, 0.1) is 19.8 Å². The molecule has 1 heterocycles. The normalized spacial score (nSPS) is 22.6. The molecule has 0 radical (unpaired) electrons. The molecule has 1 aromatic carbocycles. The Morgan fingerprint density at radius 1 is 1.27 bits per heavy atom. The minimum atomic E-state index is -0.517. The molecule has 7 heteroatoms. The molecule has 1 aliphatic carbocycles. The van der Waals surface area contributed by atoms with Gasteiger partial charge in [0.25, 0.3) is 5.91 Å². The van der Waals surface area contributed by atoms with Crippen LogP contribution in [-0.4, -0.2) is 38.0 Å². The highest BCUT2D eigenvalue weighted by Crippen LogP contribution is 2.37. The highest BCUT2D eigenvalue weighted by Gasteiger charge is 2.36. The number of hydrogen-bond donors (Lipinski definition) is 2. The number of carbonyl (C=O) groups is 1. The van der Waals surface area contributed by atoms with Gasteiger partial charge in [-0.3, -0.25) is 9.36 Å². The number of nitrogens with zero attached hydrogens (tertiary/aromatic N) is 3. The minimum absolute atomic E-state index is 0.0208. The van der Waals surface area contributed by atoms with Crippen LogP contribution in [0.15, 0.2) is 23.0 Å². The van der Waals surface area contributed by atoms with Crippen molar-refractivity contribution in [3.05, 3.63) is 51.2 Å². The Hall–Kier alpha value is -2.41. The van der Waals surface area contributed by atoms with E-state index in [0.29, 0.717) is 30.8 Å². The van der Waals surface area contributed by atoms with Gasteiger partial charge < -0.3 is 10.4 Å². The van der Waals surface area contributed by atoms with E-state index in [0.717, 1.165) is 11.1 Å². The van der Waals surface area contributed by atoms with Gasteiger partial charge in [0.1, 0.15) is 5.82 Å². The Labute approximate surface area is 152 Å². The van der Waals surface area contributed by atoms with Crippen molar-refractivity contribution >= 4 is 5.91 Å². The van der Waals surface area contributed by atoms with Crippen molar-refractivity contribution < 1.29 is 9.90 Å². The molecule has 0 unspecified atom stereocenters. The van der Waals surface area contributed by atoms with Crippen LogP contribution in [-0.2, 0) is 14.1 Å². The van der Waals surface area contributed by atoms with Crippen molar-refractivity contribution in [2.75, 3.05) is 6.54 Å². The Balaban J connectivity index is 1.63. The van der Waals surface area contributed by atoms with Gasteiger partial charge in [0.2, 0.25) is 0 Å². The van der Waals surface area contributed by atoms with Gasteiger partial charge >= 0.3 is 5.69 Å². The molecular formula is C19H26N4O3. The van der Waals surface area contributed by atoms with E-state index in [1.54, 1.807) is 14.1 Å². The standard InChI is InChI=1S/C19H26N4O3/c1-11-5-6-13(7-12(11)2)18(25)20-10-15-8-14(9-16(15)24)17-21-23(4)19(26)22(17)3/h5-7,14-16,24H,8-10H2,1-4H3,(H,20,25)/t14-,15+,16+/m0/s1. The zero-order valence-electron chi connectivity index (χ0n) is 15.7. The highest BCUT2D eigenvalue weighted by molar-refractivity contribution is 5.94. The van der Waals surface area contributed by atoms with Crippen molar-refractivity contribution in [3.63, 3.8) is 0 Å². The summed E-state index contributed by atoms with van der Waals surface area (Å²) in [6, 6.07) is 5.63. The maximum atomic E-state index is 12.4. The first-order valence-electron chi connectivity index (χ1n) is 8.91. The maximum absolute atomic E-state index is 12.4. The first-order chi connectivity index (χ1) is 12.3. The summed E-state index contributed by atoms with van der Waals surface area (Å²) in [5, 5.41) is 17.6. The number of rotatable bonds is 4. The smallest absolute Gasteiger partial charge is 0.345 e. The molecule has 3 rings (SSSR count). The van der Waals surface area contributed by atoms with Gasteiger partial charge in [-0.05, 0) is 49.9 Å². The van der Waals surface area contributed by atoms with Crippen molar-refractivity contribution in [1.29, 1.82) is 0 Å².